The molecule has 8 atom stereocenters. The number of H-pyrrole nitrogens is 1. The van der Waals surface area contributed by atoms with Crippen LogP contribution in [-0.2, 0) is 26.2 Å². The fraction of sp³-hybridized carbons (Fsp3) is 0.806. The van der Waals surface area contributed by atoms with E-state index in [1.165, 1.54) is 16.8 Å². The lowest BCUT2D eigenvalue weighted by atomic mass is 9.34. The molecule has 0 aromatic carbocycles. The van der Waals surface area contributed by atoms with Gasteiger partial charge in [0.15, 0.2) is 5.78 Å². The molecule has 0 saturated heterocycles. The highest BCUT2D eigenvalue weighted by molar-refractivity contribution is 6.05. The molecular formula is C36H56FN3O3. The van der Waals surface area contributed by atoms with Gasteiger partial charge in [-0.05, 0) is 92.3 Å². The molecule has 1 aromatic rings. The molecular weight excluding hydrogens is 541 g/mol. The topological polar surface area (TPSA) is 98.1 Å². The van der Waals surface area contributed by atoms with Crippen LogP contribution in [0.3, 0.4) is 0 Å². The summed E-state index contributed by atoms with van der Waals surface area (Å²) < 4.78 is 20.7. The molecule has 3 N–H and O–H groups in total. The van der Waals surface area contributed by atoms with Crippen LogP contribution in [0.1, 0.15) is 131 Å². The molecule has 1 heterocycles. The number of fused-ring (bicyclic) bond motifs is 6. The van der Waals surface area contributed by atoms with E-state index in [0.29, 0.717) is 30.5 Å². The quantitative estimate of drug-likeness (QED) is 0.170. The first kappa shape index (κ1) is 32.2. The number of nitrogens with two attached hydrogens (primary N) is 1. The number of nitrogen functional groups attached to an aromatic ring is 1. The first-order chi connectivity index (χ1) is 20.2. The van der Waals surface area contributed by atoms with E-state index in [-0.39, 0.29) is 34.2 Å². The Morgan fingerprint density at radius 3 is 2.47 bits per heavy atom. The summed E-state index contributed by atoms with van der Waals surface area (Å²) >= 11 is 0. The number of aromatic nitrogens is 2. The van der Waals surface area contributed by atoms with E-state index in [4.69, 9.17) is 10.5 Å². The number of nitrogens with one attached hydrogen (secondary N) is 1. The van der Waals surface area contributed by atoms with Gasteiger partial charge in [-0.25, -0.2) is 9.18 Å². The number of nitrogens with zero attached hydrogens (tertiary/aromatic N) is 1. The second-order valence-electron chi connectivity index (χ2n) is 15.7. The Balaban J connectivity index is 1.60. The maximum Gasteiger partial charge on any atom is 0.348 e. The largest absolute Gasteiger partial charge is 0.463 e. The smallest absolute Gasteiger partial charge is 0.348 e. The molecule has 240 valence electrons. The molecule has 4 aliphatic rings. The molecule has 1 aromatic heterocycles. The number of halogens is 1. The summed E-state index contributed by atoms with van der Waals surface area (Å²) in [5.41, 5.74) is 9.26. The zero-order chi connectivity index (χ0) is 31.6. The highest BCUT2D eigenvalue weighted by Gasteiger charge is 2.68. The Morgan fingerprint density at radius 2 is 1.81 bits per heavy atom. The number of esters is 1. The lowest BCUT2D eigenvalue weighted by molar-refractivity contribution is -0.168. The van der Waals surface area contributed by atoms with Gasteiger partial charge in [0, 0.05) is 22.1 Å². The molecule has 7 heteroatoms. The lowest BCUT2D eigenvalue weighted by Crippen LogP contribution is -2.64. The molecule has 0 amide bonds. The standard InChI is InChI=1S/C36H56FN3O3/c1-9-12-17-36(29(41)27(37)31(42)43-11-3)20-19-34(7)23(24(36)13-10-2)14-15-26-33(6)21-22-28(39-40-30(22)38)32(4,5)25(33)16-18-35(26,34)8/h14,24-27H,9-13,15-21H2,1-8H3,(H3,38,39,40)/t24?,25?,26?,27?,33-,34+,35+,36-/m0/s1. The Hall–Kier alpha value is -2.18. The van der Waals surface area contributed by atoms with Gasteiger partial charge < -0.3 is 10.5 Å². The second kappa shape index (κ2) is 11.0. The van der Waals surface area contributed by atoms with Crippen LogP contribution in [0, 0.1) is 39.4 Å². The summed E-state index contributed by atoms with van der Waals surface area (Å²) in [6, 6.07) is 0. The third-order valence-corrected chi connectivity index (χ3v) is 13.6. The number of anilines is 1. The van der Waals surface area contributed by atoms with E-state index in [1.54, 1.807) is 6.92 Å². The van der Waals surface area contributed by atoms with Crippen LogP contribution in [0.25, 0.3) is 0 Å². The van der Waals surface area contributed by atoms with Crippen molar-refractivity contribution in [2.24, 2.45) is 39.4 Å². The van der Waals surface area contributed by atoms with Crippen molar-refractivity contribution in [3.63, 3.8) is 0 Å². The average Bonchev–Trinajstić information content (AvgIpc) is 3.33. The van der Waals surface area contributed by atoms with Crippen LogP contribution >= 0.6 is 0 Å². The van der Waals surface area contributed by atoms with Crippen molar-refractivity contribution < 1.29 is 18.7 Å². The van der Waals surface area contributed by atoms with Gasteiger partial charge in [-0.2, -0.15) is 5.10 Å². The highest BCUT2D eigenvalue weighted by atomic mass is 19.1. The lowest BCUT2D eigenvalue weighted by Gasteiger charge is -2.70. The molecule has 0 radical (unpaired) electrons. The van der Waals surface area contributed by atoms with Crippen LogP contribution in [0.5, 0.6) is 0 Å². The van der Waals surface area contributed by atoms with Crippen molar-refractivity contribution in [1.82, 2.24) is 10.2 Å². The van der Waals surface area contributed by atoms with E-state index < -0.39 is 23.3 Å². The second-order valence-corrected chi connectivity index (χ2v) is 15.7. The number of allylic oxidation sites excluding steroid dienone is 2. The molecule has 0 aliphatic heterocycles. The molecule has 0 bridgehead atoms. The third-order valence-electron chi connectivity index (χ3n) is 13.6. The van der Waals surface area contributed by atoms with Crippen molar-refractivity contribution in [3.05, 3.63) is 22.9 Å². The number of Topliss-reactive ketones (excluding diaryl/α,β-unsaturated/α-hetero) is 1. The third kappa shape index (κ3) is 4.40. The SMILES string of the molecule is CCCC[C@]1(C(=O)C(F)C(=O)OCC)CC[C@]2(C)C(=CCC3[C@@]4(C)Cc5c(N)n[nH]c5C(C)(C)C4CC[C@]32C)C1CCC. The number of ketones is 1. The molecule has 5 rings (SSSR count). The molecule has 2 saturated carbocycles. The van der Waals surface area contributed by atoms with E-state index in [0.717, 1.165) is 57.8 Å². The van der Waals surface area contributed by atoms with Crippen molar-refractivity contribution in [2.75, 3.05) is 12.3 Å². The number of ether oxygens (including phenoxy) is 1. The summed E-state index contributed by atoms with van der Waals surface area (Å²) in [7, 11) is 0. The van der Waals surface area contributed by atoms with Gasteiger partial charge in [0.25, 0.3) is 6.17 Å². The van der Waals surface area contributed by atoms with E-state index in [1.807, 2.05) is 0 Å². The van der Waals surface area contributed by atoms with Gasteiger partial charge in [-0.15, -0.1) is 0 Å². The van der Waals surface area contributed by atoms with Crippen molar-refractivity contribution in [1.29, 1.82) is 0 Å². The number of aromatic amines is 1. The number of alkyl halides is 1. The zero-order valence-corrected chi connectivity index (χ0v) is 28.0. The zero-order valence-electron chi connectivity index (χ0n) is 28.0. The number of rotatable bonds is 9. The summed E-state index contributed by atoms with van der Waals surface area (Å²) in [6.45, 7) is 18.2. The van der Waals surface area contributed by atoms with Gasteiger partial charge >= 0.3 is 5.97 Å². The maximum atomic E-state index is 15.7. The Kier molecular flexibility index (Phi) is 8.25. The van der Waals surface area contributed by atoms with Crippen LogP contribution in [0.2, 0.25) is 0 Å². The first-order valence-electron chi connectivity index (χ1n) is 17.1. The van der Waals surface area contributed by atoms with Crippen LogP contribution in [0.15, 0.2) is 11.6 Å². The van der Waals surface area contributed by atoms with Crippen LogP contribution in [0.4, 0.5) is 10.2 Å². The monoisotopic (exact) mass is 597 g/mol. The van der Waals surface area contributed by atoms with Gasteiger partial charge in [0.1, 0.15) is 5.82 Å². The van der Waals surface area contributed by atoms with Crippen molar-refractivity contribution >= 4 is 17.6 Å². The maximum absolute atomic E-state index is 15.7. The van der Waals surface area contributed by atoms with Crippen molar-refractivity contribution in [2.45, 2.75) is 138 Å². The fourth-order valence-electron chi connectivity index (χ4n) is 11.4. The molecule has 0 spiro atoms. The minimum absolute atomic E-state index is 0.0244. The molecule has 4 unspecified atom stereocenters. The number of hydrogen-bond acceptors (Lipinski definition) is 5. The Bertz CT molecular complexity index is 1290. The average molecular weight is 598 g/mol. The minimum atomic E-state index is -2.22. The van der Waals surface area contributed by atoms with Crippen LogP contribution in [-0.4, -0.2) is 34.7 Å². The summed E-state index contributed by atoms with van der Waals surface area (Å²) in [4.78, 5) is 26.7. The van der Waals surface area contributed by atoms with E-state index in [2.05, 4.69) is 64.7 Å². The number of carbonyl (C=O) groups is 2. The molecule has 6 nitrogen and oxygen atoms in total. The molecule has 4 aliphatic carbocycles. The predicted octanol–water partition coefficient (Wildman–Crippen LogP) is 8.06. The normalized spacial score (nSPS) is 38.5. The molecule has 43 heavy (non-hydrogen) atoms. The summed E-state index contributed by atoms with van der Waals surface area (Å²) in [6.07, 6.45) is 9.97. The highest BCUT2D eigenvalue weighted by Crippen LogP contribution is 2.74. The van der Waals surface area contributed by atoms with E-state index in [9.17, 15) is 9.59 Å². The molecule has 2 fully saturated rings. The van der Waals surface area contributed by atoms with Crippen molar-refractivity contribution in [3.8, 4) is 0 Å². The summed E-state index contributed by atoms with van der Waals surface area (Å²) in [5.74, 6) is -0.0490. The van der Waals surface area contributed by atoms with Gasteiger partial charge in [0.05, 0.1) is 6.61 Å². The number of carbonyl (C=O) groups excluding carboxylic acids is 2. The predicted molar refractivity (Wildman–Crippen MR) is 169 cm³/mol. The number of hydrogen-bond donors (Lipinski definition) is 2. The minimum Gasteiger partial charge on any atom is -0.463 e. The van der Waals surface area contributed by atoms with Crippen LogP contribution < -0.4 is 5.73 Å². The first-order valence-corrected chi connectivity index (χ1v) is 17.1. The number of unbranched alkanes of at least 4 members (excludes halogenated alkanes) is 1. The summed E-state index contributed by atoms with van der Waals surface area (Å²) in [5, 5.41) is 7.75. The van der Waals surface area contributed by atoms with E-state index >= 15 is 4.39 Å². The van der Waals surface area contributed by atoms with Gasteiger partial charge in [-0.1, -0.05) is 79.4 Å². The van der Waals surface area contributed by atoms with Gasteiger partial charge in [0.2, 0.25) is 0 Å². The Morgan fingerprint density at radius 1 is 1.09 bits per heavy atom. The van der Waals surface area contributed by atoms with Gasteiger partial charge in [-0.3, -0.25) is 9.89 Å². The fourth-order valence-corrected chi connectivity index (χ4v) is 11.4. The Labute approximate surface area is 258 Å².